The molecule has 27 heavy (non-hydrogen) atoms. The molecule has 0 atom stereocenters. The second-order valence-electron chi connectivity index (χ2n) is 6.92. The van der Waals surface area contributed by atoms with E-state index in [1.165, 1.54) is 0 Å². The summed E-state index contributed by atoms with van der Waals surface area (Å²) in [5.41, 5.74) is 3.14. The molecule has 1 saturated heterocycles. The quantitative estimate of drug-likeness (QED) is 0.719. The van der Waals surface area contributed by atoms with E-state index in [0.717, 1.165) is 42.4 Å². The Balaban J connectivity index is 1.81. The molecule has 2 aromatic heterocycles. The van der Waals surface area contributed by atoms with Crippen LogP contribution in [0.3, 0.4) is 0 Å². The fraction of sp³-hybridized carbons (Fsp3) is 0.273. The zero-order valence-electron chi connectivity index (χ0n) is 15.4. The Morgan fingerprint density at radius 1 is 1.22 bits per heavy atom. The molecule has 0 spiro atoms. The van der Waals surface area contributed by atoms with Gasteiger partial charge in [0.05, 0.1) is 0 Å². The summed E-state index contributed by atoms with van der Waals surface area (Å²) in [5, 5.41) is 0.877. The predicted octanol–water partition coefficient (Wildman–Crippen LogP) is 3.81. The lowest BCUT2D eigenvalue weighted by atomic mass is 10.0. The molecule has 1 N–H and O–H groups in total. The topological polar surface area (TPSA) is 58.1 Å². The highest BCUT2D eigenvalue weighted by Gasteiger charge is 2.20. The number of fused-ring (bicyclic) bond motifs is 1. The molecule has 4 rings (SSSR count). The Bertz CT molecular complexity index is 1070. The number of hydrogen-bond donors (Lipinski definition) is 1. The number of rotatable bonds is 4. The monoisotopic (exact) mass is 361 g/mol. The third-order valence-electron chi connectivity index (χ3n) is 5.15. The van der Waals surface area contributed by atoms with Crippen molar-refractivity contribution >= 4 is 16.8 Å². The van der Waals surface area contributed by atoms with Gasteiger partial charge >= 0.3 is 0 Å². The zero-order chi connectivity index (χ0) is 18.8. The summed E-state index contributed by atoms with van der Waals surface area (Å²) in [6.45, 7) is 4.12. The molecule has 0 radical (unpaired) electrons. The summed E-state index contributed by atoms with van der Waals surface area (Å²) in [5.74, 6) is 0.0851. The van der Waals surface area contributed by atoms with E-state index < -0.39 is 0 Å². The molecule has 138 valence electrons. The van der Waals surface area contributed by atoms with E-state index in [0.29, 0.717) is 17.6 Å². The zero-order valence-corrected chi connectivity index (χ0v) is 15.4. The van der Waals surface area contributed by atoms with Gasteiger partial charge in [-0.2, -0.15) is 0 Å². The highest BCUT2D eigenvalue weighted by atomic mass is 16.2. The van der Waals surface area contributed by atoms with E-state index in [-0.39, 0.29) is 11.5 Å². The molecule has 1 fully saturated rings. The maximum Gasteiger partial charge on any atom is 0.275 e. The SMILES string of the molecule is CC=CCn1cc(-c2cccc(C(=O)N3CCCC3)c2)c2cc[nH]c2c1=O. The van der Waals surface area contributed by atoms with Gasteiger partial charge in [-0.25, -0.2) is 0 Å². The summed E-state index contributed by atoms with van der Waals surface area (Å²) in [6, 6.07) is 9.63. The van der Waals surface area contributed by atoms with Crippen molar-refractivity contribution in [3.05, 3.63) is 70.8 Å². The summed E-state index contributed by atoms with van der Waals surface area (Å²) < 4.78 is 1.70. The molecule has 0 bridgehead atoms. The van der Waals surface area contributed by atoms with Gasteiger partial charge in [0.1, 0.15) is 5.52 Å². The number of hydrogen-bond acceptors (Lipinski definition) is 2. The predicted molar refractivity (Wildman–Crippen MR) is 108 cm³/mol. The first kappa shape index (κ1) is 17.3. The van der Waals surface area contributed by atoms with Gasteiger partial charge < -0.3 is 14.5 Å². The van der Waals surface area contributed by atoms with Crippen molar-refractivity contribution in [3.8, 4) is 11.1 Å². The maximum atomic E-state index is 12.8. The number of benzene rings is 1. The van der Waals surface area contributed by atoms with Gasteiger partial charge in [0, 0.05) is 48.5 Å². The molecule has 0 unspecified atom stereocenters. The third-order valence-corrected chi connectivity index (χ3v) is 5.15. The average Bonchev–Trinajstić information content (AvgIpc) is 3.39. The molecule has 0 aliphatic carbocycles. The fourth-order valence-electron chi connectivity index (χ4n) is 3.71. The van der Waals surface area contributed by atoms with Gasteiger partial charge in [-0.05, 0) is 43.5 Å². The number of carbonyl (C=O) groups excluding carboxylic acids is 1. The molecular formula is C22H23N3O2. The number of likely N-dealkylation sites (tertiary alicyclic amines) is 1. The molecule has 3 heterocycles. The van der Waals surface area contributed by atoms with Gasteiger partial charge in [-0.15, -0.1) is 0 Å². The highest BCUT2D eigenvalue weighted by Crippen LogP contribution is 2.28. The Morgan fingerprint density at radius 2 is 2.04 bits per heavy atom. The number of pyridine rings is 1. The Morgan fingerprint density at radius 3 is 2.81 bits per heavy atom. The summed E-state index contributed by atoms with van der Waals surface area (Å²) in [7, 11) is 0. The van der Waals surface area contributed by atoms with E-state index in [1.807, 2.05) is 60.5 Å². The minimum Gasteiger partial charge on any atom is -0.357 e. The summed E-state index contributed by atoms with van der Waals surface area (Å²) in [4.78, 5) is 30.4. The van der Waals surface area contributed by atoms with Crippen molar-refractivity contribution < 1.29 is 4.79 Å². The lowest BCUT2D eigenvalue weighted by Gasteiger charge is -2.16. The van der Waals surface area contributed by atoms with Crippen LogP contribution in [0.15, 0.2) is 59.7 Å². The lowest BCUT2D eigenvalue weighted by molar-refractivity contribution is 0.0793. The normalized spacial score (nSPS) is 14.5. The van der Waals surface area contributed by atoms with Crippen LogP contribution in [0.5, 0.6) is 0 Å². The van der Waals surface area contributed by atoms with Crippen LogP contribution in [0.1, 0.15) is 30.1 Å². The minimum absolute atomic E-state index is 0.0406. The minimum atomic E-state index is -0.0406. The first-order valence-corrected chi connectivity index (χ1v) is 9.40. The van der Waals surface area contributed by atoms with Crippen molar-refractivity contribution in [1.82, 2.24) is 14.5 Å². The highest BCUT2D eigenvalue weighted by molar-refractivity contribution is 5.98. The van der Waals surface area contributed by atoms with Crippen LogP contribution in [0, 0.1) is 0 Å². The van der Waals surface area contributed by atoms with Crippen LogP contribution in [0.2, 0.25) is 0 Å². The number of nitrogens with one attached hydrogen (secondary N) is 1. The van der Waals surface area contributed by atoms with Crippen molar-refractivity contribution in [2.24, 2.45) is 0 Å². The Labute approximate surface area is 157 Å². The molecule has 1 aromatic carbocycles. The number of aromatic amines is 1. The van der Waals surface area contributed by atoms with Crippen LogP contribution in [-0.2, 0) is 6.54 Å². The molecule has 0 saturated carbocycles. The first-order valence-electron chi connectivity index (χ1n) is 9.40. The van der Waals surface area contributed by atoms with Gasteiger partial charge in [-0.3, -0.25) is 9.59 Å². The van der Waals surface area contributed by atoms with E-state index >= 15 is 0 Å². The largest absolute Gasteiger partial charge is 0.357 e. The molecule has 1 aliphatic heterocycles. The van der Waals surface area contributed by atoms with Gasteiger partial charge in [0.2, 0.25) is 0 Å². The van der Waals surface area contributed by atoms with E-state index in [4.69, 9.17) is 0 Å². The lowest BCUT2D eigenvalue weighted by Crippen LogP contribution is -2.27. The van der Waals surface area contributed by atoms with Gasteiger partial charge in [0.25, 0.3) is 11.5 Å². The third kappa shape index (κ3) is 3.21. The van der Waals surface area contributed by atoms with Crippen LogP contribution >= 0.6 is 0 Å². The molecule has 5 heteroatoms. The molecule has 1 amide bonds. The second-order valence-corrected chi connectivity index (χ2v) is 6.92. The van der Waals surface area contributed by atoms with E-state index in [2.05, 4.69) is 4.98 Å². The van der Waals surface area contributed by atoms with Gasteiger partial charge in [-0.1, -0.05) is 24.3 Å². The van der Waals surface area contributed by atoms with Crippen molar-refractivity contribution in [2.45, 2.75) is 26.3 Å². The van der Waals surface area contributed by atoms with E-state index in [1.54, 1.807) is 10.8 Å². The van der Waals surface area contributed by atoms with Crippen LogP contribution in [0.25, 0.3) is 22.0 Å². The number of H-pyrrole nitrogens is 1. The van der Waals surface area contributed by atoms with Gasteiger partial charge in [0.15, 0.2) is 0 Å². The fourth-order valence-corrected chi connectivity index (χ4v) is 3.71. The number of nitrogens with zero attached hydrogens (tertiary/aromatic N) is 2. The van der Waals surface area contributed by atoms with Crippen molar-refractivity contribution in [1.29, 1.82) is 0 Å². The number of aromatic nitrogens is 2. The number of carbonyl (C=O) groups is 1. The second kappa shape index (κ2) is 7.27. The van der Waals surface area contributed by atoms with Crippen LogP contribution in [0.4, 0.5) is 0 Å². The maximum absolute atomic E-state index is 12.8. The molecular weight excluding hydrogens is 338 g/mol. The smallest absolute Gasteiger partial charge is 0.275 e. The standard InChI is InChI=1S/C22H23N3O2/c1-2-3-11-25-15-19(18-9-10-23-20(18)22(25)27)16-7-6-8-17(14-16)21(26)24-12-4-5-13-24/h2-3,6-10,14-15,23H,4-5,11-13H2,1H3. The molecule has 1 aliphatic rings. The molecule has 3 aromatic rings. The van der Waals surface area contributed by atoms with Crippen molar-refractivity contribution in [2.75, 3.05) is 13.1 Å². The average molecular weight is 361 g/mol. The van der Waals surface area contributed by atoms with E-state index in [9.17, 15) is 9.59 Å². The number of allylic oxidation sites excluding steroid dienone is 2. The number of amides is 1. The Hall–Kier alpha value is -3.08. The first-order chi connectivity index (χ1) is 13.2. The van der Waals surface area contributed by atoms with Crippen molar-refractivity contribution in [3.63, 3.8) is 0 Å². The van der Waals surface area contributed by atoms with Crippen LogP contribution in [-0.4, -0.2) is 33.4 Å². The van der Waals surface area contributed by atoms with Crippen LogP contribution < -0.4 is 5.56 Å². The molecule has 5 nitrogen and oxygen atoms in total. The Kier molecular flexibility index (Phi) is 4.67. The summed E-state index contributed by atoms with van der Waals surface area (Å²) >= 11 is 0. The summed E-state index contributed by atoms with van der Waals surface area (Å²) in [6.07, 6.45) is 9.71.